The average molecular weight is 310 g/mol. The fraction of sp³-hybridized carbons (Fsp3) is 0.429. The number of aliphatic hydroxyl groups is 1. The molecule has 1 atom stereocenters. The van der Waals surface area contributed by atoms with E-state index in [1.165, 1.54) is 0 Å². The van der Waals surface area contributed by atoms with Crippen LogP contribution >= 0.6 is 23.8 Å². The molecule has 1 fully saturated rings. The van der Waals surface area contributed by atoms with E-state index >= 15 is 0 Å². The SMILES string of the molecule is OC(Cc1ccccc1Cl)(Cn1[nH]cnc1=S)C1CC1. The van der Waals surface area contributed by atoms with Crippen LogP contribution in [0, 0.1) is 10.7 Å². The van der Waals surface area contributed by atoms with Crippen molar-refractivity contribution in [3.63, 3.8) is 0 Å². The van der Waals surface area contributed by atoms with E-state index < -0.39 is 5.60 Å². The van der Waals surface area contributed by atoms with Gasteiger partial charge in [0.25, 0.3) is 0 Å². The van der Waals surface area contributed by atoms with Crippen molar-refractivity contribution in [3.8, 4) is 0 Å². The summed E-state index contributed by atoms with van der Waals surface area (Å²) in [7, 11) is 0. The Morgan fingerprint density at radius 1 is 1.45 bits per heavy atom. The molecule has 2 aromatic rings. The van der Waals surface area contributed by atoms with Gasteiger partial charge in [-0.1, -0.05) is 29.8 Å². The molecule has 3 rings (SSSR count). The van der Waals surface area contributed by atoms with Crippen LogP contribution < -0.4 is 0 Å². The first-order valence-electron chi connectivity index (χ1n) is 6.64. The van der Waals surface area contributed by atoms with Crippen LogP contribution in [0.25, 0.3) is 0 Å². The molecular formula is C14H16ClN3OS. The van der Waals surface area contributed by atoms with Gasteiger partial charge in [-0.05, 0) is 42.6 Å². The second kappa shape index (κ2) is 5.31. The van der Waals surface area contributed by atoms with Crippen molar-refractivity contribution in [1.29, 1.82) is 0 Å². The largest absolute Gasteiger partial charge is 0.387 e. The zero-order chi connectivity index (χ0) is 14.2. The predicted octanol–water partition coefficient (Wildman–Crippen LogP) is 2.98. The van der Waals surface area contributed by atoms with Crippen molar-refractivity contribution >= 4 is 23.8 Å². The Bertz CT molecular complexity index is 664. The van der Waals surface area contributed by atoms with E-state index in [1.807, 2.05) is 24.3 Å². The first-order valence-corrected chi connectivity index (χ1v) is 7.43. The van der Waals surface area contributed by atoms with Crippen LogP contribution in [0.5, 0.6) is 0 Å². The van der Waals surface area contributed by atoms with E-state index in [0.717, 1.165) is 18.4 Å². The predicted molar refractivity (Wildman–Crippen MR) is 80.2 cm³/mol. The molecule has 6 heteroatoms. The normalized spacial score (nSPS) is 17.9. The molecule has 1 aliphatic carbocycles. The summed E-state index contributed by atoms with van der Waals surface area (Å²) in [5.74, 6) is 0.295. The molecule has 0 aliphatic heterocycles. The number of benzene rings is 1. The van der Waals surface area contributed by atoms with Gasteiger partial charge < -0.3 is 5.11 Å². The third-order valence-electron chi connectivity index (χ3n) is 3.84. The Balaban J connectivity index is 1.87. The lowest BCUT2D eigenvalue weighted by atomic mass is 9.89. The lowest BCUT2D eigenvalue weighted by Gasteiger charge is -2.29. The number of hydrogen-bond acceptors (Lipinski definition) is 3. The Labute approximate surface area is 127 Å². The third kappa shape index (κ3) is 2.80. The quantitative estimate of drug-likeness (QED) is 0.835. The number of aromatic amines is 1. The van der Waals surface area contributed by atoms with Gasteiger partial charge in [0.2, 0.25) is 4.77 Å². The van der Waals surface area contributed by atoms with Crippen molar-refractivity contribution < 1.29 is 5.11 Å². The topological polar surface area (TPSA) is 53.8 Å². The molecule has 1 saturated carbocycles. The maximum absolute atomic E-state index is 11.1. The summed E-state index contributed by atoms with van der Waals surface area (Å²) in [6.07, 6.45) is 4.16. The summed E-state index contributed by atoms with van der Waals surface area (Å²) in [5.41, 5.74) is 0.130. The minimum atomic E-state index is -0.838. The fourth-order valence-electron chi connectivity index (χ4n) is 2.59. The second-order valence-corrected chi connectivity index (χ2v) is 6.17. The molecule has 20 heavy (non-hydrogen) atoms. The Morgan fingerprint density at radius 3 is 2.80 bits per heavy atom. The van der Waals surface area contributed by atoms with Gasteiger partial charge in [-0.15, -0.1) is 0 Å². The maximum atomic E-state index is 11.1. The average Bonchev–Trinajstić information content (AvgIpc) is 3.20. The zero-order valence-corrected chi connectivity index (χ0v) is 12.5. The van der Waals surface area contributed by atoms with Crippen molar-refractivity contribution in [1.82, 2.24) is 14.8 Å². The summed E-state index contributed by atoms with van der Waals surface area (Å²) < 4.78 is 2.17. The lowest BCUT2D eigenvalue weighted by Crippen LogP contribution is -2.39. The van der Waals surface area contributed by atoms with E-state index in [1.54, 1.807) is 11.0 Å². The van der Waals surface area contributed by atoms with Gasteiger partial charge in [-0.3, -0.25) is 9.78 Å². The Hall–Kier alpha value is -1.17. The summed E-state index contributed by atoms with van der Waals surface area (Å²) in [6, 6.07) is 7.65. The van der Waals surface area contributed by atoms with Crippen LogP contribution in [0.1, 0.15) is 18.4 Å². The molecule has 0 spiro atoms. The highest BCUT2D eigenvalue weighted by molar-refractivity contribution is 7.71. The number of nitrogens with zero attached hydrogens (tertiary/aromatic N) is 2. The standard InChI is InChI=1S/C14H16ClN3OS/c15-12-4-2-1-3-10(12)7-14(19,11-5-6-11)8-18-13(20)16-9-17-18/h1-4,9,11,19H,5-8H2,(H,16,17,20). The zero-order valence-electron chi connectivity index (χ0n) is 10.9. The van der Waals surface area contributed by atoms with Gasteiger partial charge >= 0.3 is 0 Å². The van der Waals surface area contributed by atoms with E-state index in [4.69, 9.17) is 23.8 Å². The first kappa shape index (κ1) is 13.8. The lowest BCUT2D eigenvalue weighted by molar-refractivity contribution is -0.00263. The molecule has 0 amide bonds. The van der Waals surface area contributed by atoms with Crippen LogP contribution in [-0.2, 0) is 13.0 Å². The second-order valence-electron chi connectivity index (χ2n) is 5.40. The highest BCUT2D eigenvalue weighted by atomic mass is 35.5. The van der Waals surface area contributed by atoms with Crippen LogP contribution in [0.15, 0.2) is 30.6 Å². The summed E-state index contributed by atoms with van der Waals surface area (Å²) >= 11 is 11.3. The molecule has 1 aromatic carbocycles. The van der Waals surface area contributed by atoms with Crippen LogP contribution in [0.4, 0.5) is 0 Å². The molecule has 1 unspecified atom stereocenters. The minimum absolute atomic E-state index is 0.295. The third-order valence-corrected chi connectivity index (χ3v) is 4.54. The number of nitrogens with one attached hydrogen (secondary N) is 1. The molecule has 1 heterocycles. The Kier molecular flexibility index (Phi) is 3.67. The molecule has 0 bridgehead atoms. The van der Waals surface area contributed by atoms with Crippen molar-refractivity contribution in [2.45, 2.75) is 31.4 Å². The smallest absolute Gasteiger partial charge is 0.215 e. The monoisotopic (exact) mass is 309 g/mol. The molecule has 4 nitrogen and oxygen atoms in total. The van der Waals surface area contributed by atoms with Gasteiger partial charge in [0.15, 0.2) is 0 Å². The number of halogens is 1. The molecule has 2 N–H and O–H groups in total. The number of H-pyrrole nitrogens is 1. The van der Waals surface area contributed by atoms with Crippen molar-refractivity contribution in [2.24, 2.45) is 5.92 Å². The number of aromatic nitrogens is 3. The van der Waals surface area contributed by atoms with Gasteiger partial charge in [0, 0.05) is 11.4 Å². The van der Waals surface area contributed by atoms with Crippen molar-refractivity contribution in [3.05, 3.63) is 45.9 Å². The molecule has 1 aliphatic rings. The van der Waals surface area contributed by atoms with Gasteiger partial charge in [0.05, 0.1) is 12.1 Å². The highest BCUT2D eigenvalue weighted by Crippen LogP contribution is 2.43. The Morgan fingerprint density at radius 2 is 2.20 bits per heavy atom. The van der Waals surface area contributed by atoms with E-state index in [2.05, 4.69) is 10.1 Å². The highest BCUT2D eigenvalue weighted by Gasteiger charge is 2.44. The minimum Gasteiger partial charge on any atom is -0.387 e. The van der Waals surface area contributed by atoms with Crippen molar-refractivity contribution in [2.75, 3.05) is 0 Å². The fourth-order valence-corrected chi connectivity index (χ4v) is 2.96. The molecular weight excluding hydrogens is 294 g/mol. The molecule has 1 aromatic heterocycles. The number of rotatable bonds is 5. The van der Waals surface area contributed by atoms with Crippen LogP contribution in [-0.4, -0.2) is 25.5 Å². The van der Waals surface area contributed by atoms with Crippen LogP contribution in [0.2, 0.25) is 5.02 Å². The van der Waals surface area contributed by atoms with Crippen LogP contribution in [0.3, 0.4) is 0 Å². The van der Waals surface area contributed by atoms with Gasteiger partial charge in [0.1, 0.15) is 6.33 Å². The summed E-state index contributed by atoms with van der Waals surface area (Å²) in [6.45, 7) is 0.418. The summed E-state index contributed by atoms with van der Waals surface area (Å²) in [4.78, 5) is 3.99. The summed E-state index contributed by atoms with van der Waals surface area (Å²) in [5, 5.41) is 14.7. The molecule has 0 radical (unpaired) electrons. The molecule has 106 valence electrons. The maximum Gasteiger partial charge on any atom is 0.215 e. The van der Waals surface area contributed by atoms with Gasteiger partial charge in [-0.25, -0.2) is 4.98 Å². The number of hydrogen-bond donors (Lipinski definition) is 2. The van der Waals surface area contributed by atoms with E-state index in [-0.39, 0.29) is 0 Å². The van der Waals surface area contributed by atoms with E-state index in [9.17, 15) is 5.11 Å². The first-order chi connectivity index (χ1) is 9.58. The van der Waals surface area contributed by atoms with Gasteiger partial charge in [-0.2, -0.15) is 0 Å². The van der Waals surface area contributed by atoms with E-state index in [0.29, 0.717) is 28.7 Å². The molecule has 0 saturated heterocycles.